The summed E-state index contributed by atoms with van der Waals surface area (Å²) in [7, 11) is 0. The van der Waals surface area contributed by atoms with E-state index in [2.05, 4.69) is 17.0 Å². The van der Waals surface area contributed by atoms with E-state index < -0.39 is 0 Å². The summed E-state index contributed by atoms with van der Waals surface area (Å²) >= 11 is 1.30. The molecule has 0 radical (unpaired) electrons. The molecule has 1 fully saturated rings. The van der Waals surface area contributed by atoms with Gasteiger partial charge < -0.3 is 10.2 Å². The van der Waals surface area contributed by atoms with Crippen LogP contribution in [0.2, 0.25) is 0 Å². The third-order valence-electron chi connectivity index (χ3n) is 4.27. The first kappa shape index (κ1) is 16.5. The van der Waals surface area contributed by atoms with E-state index in [1.807, 2.05) is 0 Å². The lowest BCUT2D eigenvalue weighted by molar-refractivity contribution is -0.131. The Hall–Kier alpha value is -3.00. The number of nitrogens with zero attached hydrogens (tertiary/aromatic N) is 3. The number of rotatable bonds is 4. The van der Waals surface area contributed by atoms with Crippen molar-refractivity contribution in [3.63, 3.8) is 0 Å². The first-order valence-corrected chi connectivity index (χ1v) is 8.82. The molecule has 6 nitrogen and oxygen atoms in total. The van der Waals surface area contributed by atoms with Gasteiger partial charge in [-0.05, 0) is 35.7 Å². The number of benzene rings is 1. The van der Waals surface area contributed by atoms with Crippen LogP contribution in [0.1, 0.15) is 15.7 Å². The summed E-state index contributed by atoms with van der Waals surface area (Å²) in [4.78, 5) is 26.0. The Morgan fingerprint density at radius 2 is 2.12 bits per heavy atom. The molecule has 0 unspecified atom stereocenters. The van der Waals surface area contributed by atoms with Crippen molar-refractivity contribution in [2.75, 3.05) is 18.4 Å². The second kappa shape index (κ2) is 6.38. The van der Waals surface area contributed by atoms with Gasteiger partial charge in [-0.3, -0.25) is 14.3 Å². The fraction of sp³-hybridized carbons (Fsp3) is 0.167. The van der Waals surface area contributed by atoms with Gasteiger partial charge in [0.1, 0.15) is 5.82 Å². The van der Waals surface area contributed by atoms with Gasteiger partial charge in [0.05, 0.1) is 10.9 Å². The standard InChI is InChI=1S/C18H15FN4O2S/c1-2-17(24)22-9-13(10-22)23-6-5-16(21-23)20-18(25)15-8-11-7-12(19)3-4-14(11)26-15/h2-8,13H,1,9-10H2,(H,20,21,25). The molecule has 0 aliphatic carbocycles. The van der Waals surface area contributed by atoms with Crippen LogP contribution >= 0.6 is 11.3 Å². The highest BCUT2D eigenvalue weighted by atomic mass is 32.1. The lowest BCUT2D eigenvalue weighted by atomic mass is 10.1. The van der Waals surface area contributed by atoms with E-state index in [0.29, 0.717) is 29.2 Å². The van der Waals surface area contributed by atoms with Gasteiger partial charge in [-0.1, -0.05) is 6.58 Å². The maximum absolute atomic E-state index is 13.3. The zero-order valence-electron chi connectivity index (χ0n) is 13.7. The van der Waals surface area contributed by atoms with E-state index in [1.165, 1.54) is 29.5 Å². The third kappa shape index (κ3) is 2.99. The fourth-order valence-electron chi connectivity index (χ4n) is 2.84. The van der Waals surface area contributed by atoms with Gasteiger partial charge in [-0.25, -0.2) is 4.39 Å². The highest BCUT2D eigenvalue weighted by Crippen LogP contribution is 2.27. The van der Waals surface area contributed by atoms with Crippen LogP contribution in [0.4, 0.5) is 10.2 Å². The van der Waals surface area contributed by atoms with Crippen molar-refractivity contribution in [1.82, 2.24) is 14.7 Å². The van der Waals surface area contributed by atoms with Crippen LogP contribution in [0.25, 0.3) is 10.1 Å². The summed E-state index contributed by atoms with van der Waals surface area (Å²) in [5.74, 6) is -0.269. The molecule has 2 amide bonds. The van der Waals surface area contributed by atoms with Crippen LogP contribution in [-0.4, -0.2) is 39.6 Å². The summed E-state index contributed by atoms with van der Waals surface area (Å²) < 4.78 is 15.9. The minimum absolute atomic E-state index is 0.0943. The van der Waals surface area contributed by atoms with E-state index in [-0.39, 0.29) is 23.7 Å². The van der Waals surface area contributed by atoms with Crippen molar-refractivity contribution < 1.29 is 14.0 Å². The molecule has 26 heavy (non-hydrogen) atoms. The summed E-state index contributed by atoms with van der Waals surface area (Å²) in [6.07, 6.45) is 3.07. The molecule has 2 aromatic heterocycles. The van der Waals surface area contributed by atoms with Crippen molar-refractivity contribution in [1.29, 1.82) is 0 Å². The van der Waals surface area contributed by atoms with Gasteiger partial charge in [0.2, 0.25) is 5.91 Å². The number of likely N-dealkylation sites (tertiary alicyclic amines) is 1. The van der Waals surface area contributed by atoms with Crippen molar-refractivity contribution in [2.45, 2.75) is 6.04 Å². The predicted molar refractivity (Wildman–Crippen MR) is 97.8 cm³/mol. The molecule has 0 saturated carbocycles. The van der Waals surface area contributed by atoms with Crippen molar-refractivity contribution in [3.8, 4) is 0 Å². The van der Waals surface area contributed by atoms with Gasteiger partial charge in [0, 0.05) is 30.1 Å². The molecule has 3 heterocycles. The number of carbonyl (C=O) groups is 2. The molecule has 1 aromatic carbocycles. The minimum atomic E-state index is -0.328. The molecular formula is C18H15FN4O2S. The lowest BCUT2D eigenvalue weighted by Gasteiger charge is -2.38. The molecule has 1 aliphatic rings. The molecule has 132 valence electrons. The number of carbonyl (C=O) groups excluding carboxylic acids is 2. The molecule has 1 saturated heterocycles. The second-order valence-electron chi connectivity index (χ2n) is 6.03. The Morgan fingerprint density at radius 1 is 1.31 bits per heavy atom. The second-order valence-corrected chi connectivity index (χ2v) is 7.11. The zero-order chi connectivity index (χ0) is 18.3. The molecular weight excluding hydrogens is 355 g/mol. The Balaban J connectivity index is 1.43. The number of thiophene rings is 1. The van der Waals surface area contributed by atoms with Crippen LogP contribution in [0.5, 0.6) is 0 Å². The molecule has 1 aliphatic heterocycles. The van der Waals surface area contributed by atoms with Gasteiger partial charge in [0.25, 0.3) is 5.91 Å². The Kier molecular flexibility index (Phi) is 4.04. The number of nitrogens with one attached hydrogen (secondary N) is 1. The number of halogens is 1. The van der Waals surface area contributed by atoms with Gasteiger partial charge in [-0.15, -0.1) is 11.3 Å². The van der Waals surface area contributed by atoms with E-state index in [1.54, 1.807) is 34.0 Å². The average Bonchev–Trinajstić information content (AvgIpc) is 3.19. The van der Waals surface area contributed by atoms with E-state index in [4.69, 9.17) is 0 Å². The smallest absolute Gasteiger partial charge is 0.266 e. The van der Waals surface area contributed by atoms with E-state index >= 15 is 0 Å². The van der Waals surface area contributed by atoms with Crippen LogP contribution in [0.15, 0.2) is 49.2 Å². The van der Waals surface area contributed by atoms with Crippen LogP contribution in [0, 0.1) is 5.82 Å². The zero-order valence-corrected chi connectivity index (χ0v) is 14.5. The van der Waals surface area contributed by atoms with E-state index in [9.17, 15) is 14.0 Å². The number of anilines is 1. The Morgan fingerprint density at radius 3 is 2.88 bits per heavy atom. The summed E-state index contributed by atoms with van der Waals surface area (Å²) in [5.41, 5.74) is 0. The number of aromatic nitrogens is 2. The van der Waals surface area contributed by atoms with Crippen molar-refractivity contribution in [2.24, 2.45) is 0 Å². The van der Waals surface area contributed by atoms with Crippen molar-refractivity contribution in [3.05, 3.63) is 59.9 Å². The van der Waals surface area contributed by atoms with Crippen LogP contribution in [0.3, 0.4) is 0 Å². The molecule has 0 spiro atoms. The molecule has 1 N–H and O–H groups in total. The van der Waals surface area contributed by atoms with Crippen LogP contribution < -0.4 is 5.32 Å². The van der Waals surface area contributed by atoms with Crippen molar-refractivity contribution >= 4 is 39.1 Å². The molecule has 8 heteroatoms. The maximum atomic E-state index is 13.3. The molecule has 4 rings (SSSR count). The summed E-state index contributed by atoms with van der Waals surface area (Å²) in [6.45, 7) is 4.61. The summed E-state index contributed by atoms with van der Waals surface area (Å²) in [6, 6.07) is 7.92. The average molecular weight is 370 g/mol. The molecule has 0 atom stereocenters. The number of fused-ring (bicyclic) bond motifs is 1. The SMILES string of the molecule is C=CC(=O)N1CC(n2ccc(NC(=O)c3cc4cc(F)ccc4s3)n2)C1. The minimum Gasteiger partial charge on any atom is -0.335 e. The highest BCUT2D eigenvalue weighted by molar-refractivity contribution is 7.20. The van der Waals surface area contributed by atoms with Gasteiger partial charge in [0.15, 0.2) is 5.82 Å². The van der Waals surface area contributed by atoms with Crippen LogP contribution in [-0.2, 0) is 4.79 Å². The first-order valence-electron chi connectivity index (χ1n) is 8.00. The molecule has 3 aromatic rings. The summed E-state index contributed by atoms with van der Waals surface area (Å²) in [5, 5.41) is 7.80. The predicted octanol–water partition coefficient (Wildman–Crippen LogP) is 3.06. The first-order chi connectivity index (χ1) is 12.5. The molecule has 0 bridgehead atoms. The Labute approximate surface area is 152 Å². The topological polar surface area (TPSA) is 67.2 Å². The van der Waals surface area contributed by atoms with Gasteiger partial charge >= 0.3 is 0 Å². The van der Waals surface area contributed by atoms with E-state index in [0.717, 1.165) is 4.70 Å². The Bertz CT molecular complexity index is 1020. The lowest BCUT2D eigenvalue weighted by Crippen LogP contribution is -2.50. The number of hydrogen-bond donors (Lipinski definition) is 1. The number of hydrogen-bond acceptors (Lipinski definition) is 4. The fourth-order valence-corrected chi connectivity index (χ4v) is 3.78. The van der Waals surface area contributed by atoms with Gasteiger partial charge in [-0.2, -0.15) is 5.10 Å². The largest absolute Gasteiger partial charge is 0.335 e. The highest BCUT2D eigenvalue weighted by Gasteiger charge is 2.31. The number of amides is 2. The normalized spacial score (nSPS) is 14.3. The maximum Gasteiger partial charge on any atom is 0.266 e. The monoisotopic (exact) mass is 370 g/mol. The third-order valence-corrected chi connectivity index (χ3v) is 5.39. The quantitative estimate of drug-likeness (QED) is 0.718.